The van der Waals surface area contributed by atoms with Gasteiger partial charge >= 0.3 is 5.97 Å². The molecule has 134 valence electrons. The quantitative estimate of drug-likeness (QED) is 0.657. The largest absolute Gasteiger partial charge is 0.465 e. The molecule has 2 aromatic heterocycles. The molecular formula is C19H20N4O3. The monoisotopic (exact) mass is 352 g/mol. The molecule has 0 atom stereocenters. The molecule has 0 aliphatic rings. The van der Waals surface area contributed by atoms with E-state index in [2.05, 4.69) is 15.3 Å². The molecule has 0 saturated carbocycles. The summed E-state index contributed by atoms with van der Waals surface area (Å²) in [5, 5.41) is 2.83. The summed E-state index contributed by atoms with van der Waals surface area (Å²) in [6.07, 6.45) is 2.07. The van der Waals surface area contributed by atoms with Crippen molar-refractivity contribution in [1.82, 2.24) is 19.9 Å². The van der Waals surface area contributed by atoms with Crippen molar-refractivity contribution in [2.75, 3.05) is 13.2 Å². The fourth-order valence-electron chi connectivity index (χ4n) is 2.70. The number of pyridine rings is 1. The Bertz CT molecular complexity index is 906. The summed E-state index contributed by atoms with van der Waals surface area (Å²) in [5.74, 6) is 0.175. The topological polar surface area (TPSA) is 86.1 Å². The van der Waals surface area contributed by atoms with E-state index < -0.39 is 0 Å². The maximum Gasteiger partial charge on any atom is 0.326 e. The molecule has 3 rings (SSSR count). The Kier molecular flexibility index (Phi) is 5.58. The predicted molar refractivity (Wildman–Crippen MR) is 96.6 cm³/mol. The number of hydrogen-bond donors (Lipinski definition) is 1. The summed E-state index contributed by atoms with van der Waals surface area (Å²) in [7, 11) is 0. The Morgan fingerprint density at radius 2 is 1.96 bits per heavy atom. The minimum atomic E-state index is -0.311. The van der Waals surface area contributed by atoms with Gasteiger partial charge in [0.05, 0.1) is 17.6 Å². The molecule has 0 fully saturated rings. The van der Waals surface area contributed by atoms with Gasteiger partial charge < -0.3 is 14.6 Å². The molecule has 2 heterocycles. The van der Waals surface area contributed by atoms with Crippen LogP contribution in [0.15, 0.2) is 48.7 Å². The van der Waals surface area contributed by atoms with E-state index in [0.717, 1.165) is 16.9 Å². The van der Waals surface area contributed by atoms with E-state index in [1.807, 2.05) is 28.8 Å². The predicted octanol–water partition coefficient (Wildman–Crippen LogP) is 1.97. The van der Waals surface area contributed by atoms with Crippen LogP contribution >= 0.6 is 0 Å². The number of carbonyl (C=O) groups is 2. The van der Waals surface area contributed by atoms with Gasteiger partial charge in [-0.05, 0) is 31.2 Å². The zero-order chi connectivity index (χ0) is 18.4. The van der Waals surface area contributed by atoms with Crippen LogP contribution in [0.4, 0.5) is 0 Å². The van der Waals surface area contributed by atoms with Crippen molar-refractivity contribution in [3.05, 3.63) is 60.2 Å². The lowest BCUT2D eigenvalue weighted by Crippen LogP contribution is -2.27. The van der Waals surface area contributed by atoms with Crippen LogP contribution in [0.25, 0.3) is 11.0 Å². The van der Waals surface area contributed by atoms with Crippen LogP contribution in [0.2, 0.25) is 0 Å². The van der Waals surface area contributed by atoms with E-state index in [0.29, 0.717) is 25.3 Å². The van der Waals surface area contributed by atoms with Crippen molar-refractivity contribution in [3.63, 3.8) is 0 Å². The molecule has 0 aliphatic carbocycles. The second-order valence-corrected chi connectivity index (χ2v) is 5.63. The van der Waals surface area contributed by atoms with Crippen molar-refractivity contribution >= 4 is 22.9 Å². The third-order valence-electron chi connectivity index (χ3n) is 3.86. The maximum absolute atomic E-state index is 12.1. The van der Waals surface area contributed by atoms with Gasteiger partial charge in [-0.1, -0.05) is 18.2 Å². The molecule has 1 amide bonds. The van der Waals surface area contributed by atoms with Gasteiger partial charge in [-0.3, -0.25) is 14.6 Å². The lowest BCUT2D eigenvalue weighted by molar-refractivity contribution is -0.143. The molecular weight excluding hydrogens is 332 g/mol. The van der Waals surface area contributed by atoms with Gasteiger partial charge in [-0.25, -0.2) is 4.98 Å². The lowest BCUT2D eigenvalue weighted by Gasteiger charge is -2.09. The van der Waals surface area contributed by atoms with E-state index >= 15 is 0 Å². The van der Waals surface area contributed by atoms with Gasteiger partial charge in [-0.2, -0.15) is 0 Å². The van der Waals surface area contributed by atoms with Gasteiger partial charge in [0.2, 0.25) is 0 Å². The standard InChI is InChI=1S/C19H20N4O3/c1-2-26-18(24)13-23-16-9-4-3-7-14(16)22-17(23)10-12-21-19(25)15-8-5-6-11-20-15/h3-9,11H,2,10,12-13H2,1H3,(H,21,25). The number of ether oxygens (including phenoxy) is 1. The fraction of sp³-hybridized carbons (Fsp3) is 0.263. The molecule has 7 nitrogen and oxygen atoms in total. The van der Waals surface area contributed by atoms with Gasteiger partial charge in [0.25, 0.3) is 5.91 Å². The molecule has 7 heteroatoms. The Morgan fingerprint density at radius 1 is 1.15 bits per heavy atom. The third-order valence-corrected chi connectivity index (χ3v) is 3.86. The van der Waals surface area contributed by atoms with E-state index in [9.17, 15) is 9.59 Å². The minimum absolute atomic E-state index is 0.0951. The molecule has 0 radical (unpaired) electrons. The summed E-state index contributed by atoms with van der Waals surface area (Å²) in [6.45, 7) is 2.60. The first-order valence-corrected chi connectivity index (χ1v) is 8.48. The summed E-state index contributed by atoms with van der Waals surface area (Å²) in [6, 6.07) is 12.8. The van der Waals surface area contributed by atoms with Crippen molar-refractivity contribution in [2.45, 2.75) is 19.9 Å². The maximum atomic E-state index is 12.1. The molecule has 26 heavy (non-hydrogen) atoms. The fourth-order valence-corrected chi connectivity index (χ4v) is 2.70. The average molecular weight is 352 g/mol. The second-order valence-electron chi connectivity index (χ2n) is 5.63. The van der Waals surface area contributed by atoms with E-state index in [4.69, 9.17) is 4.74 Å². The van der Waals surface area contributed by atoms with Crippen LogP contribution in [0, 0.1) is 0 Å². The third kappa shape index (κ3) is 4.05. The highest BCUT2D eigenvalue weighted by Crippen LogP contribution is 2.16. The molecule has 0 spiro atoms. The normalized spacial score (nSPS) is 10.7. The number of nitrogens with one attached hydrogen (secondary N) is 1. The highest BCUT2D eigenvalue weighted by molar-refractivity contribution is 5.92. The summed E-state index contributed by atoms with van der Waals surface area (Å²) >= 11 is 0. The number of para-hydroxylation sites is 2. The van der Waals surface area contributed by atoms with Gasteiger partial charge in [0.1, 0.15) is 18.1 Å². The molecule has 1 N–H and O–H groups in total. The Morgan fingerprint density at radius 3 is 2.73 bits per heavy atom. The second kappa shape index (κ2) is 8.24. The first-order valence-electron chi connectivity index (χ1n) is 8.48. The number of amides is 1. The number of esters is 1. The van der Waals surface area contributed by atoms with Crippen LogP contribution < -0.4 is 5.32 Å². The summed E-state index contributed by atoms with van der Waals surface area (Å²) < 4.78 is 6.89. The smallest absolute Gasteiger partial charge is 0.326 e. The van der Waals surface area contributed by atoms with Crippen LogP contribution in [-0.4, -0.2) is 39.6 Å². The molecule has 0 bridgehead atoms. The average Bonchev–Trinajstić information content (AvgIpc) is 3.00. The molecule has 0 saturated heterocycles. The number of aromatic nitrogens is 3. The number of rotatable bonds is 7. The van der Waals surface area contributed by atoms with Crippen molar-refractivity contribution in [3.8, 4) is 0 Å². The SMILES string of the molecule is CCOC(=O)Cn1c(CCNC(=O)c2ccccn2)nc2ccccc21. The lowest BCUT2D eigenvalue weighted by atomic mass is 10.3. The Hall–Kier alpha value is -3.22. The summed E-state index contributed by atoms with van der Waals surface area (Å²) in [5.41, 5.74) is 2.04. The van der Waals surface area contributed by atoms with E-state index in [-0.39, 0.29) is 18.4 Å². The van der Waals surface area contributed by atoms with Gasteiger partial charge in [0, 0.05) is 19.2 Å². The van der Waals surface area contributed by atoms with Crippen molar-refractivity contribution in [1.29, 1.82) is 0 Å². The summed E-state index contributed by atoms with van der Waals surface area (Å²) in [4.78, 5) is 32.6. The molecule has 0 unspecified atom stereocenters. The molecule has 0 aliphatic heterocycles. The Balaban J connectivity index is 1.72. The zero-order valence-corrected chi connectivity index (χ0v) is 14.5. The number of nitrogens with zero attached hydrogens (tertiary/aromatic N) is 3. The highest BCUT2D eigenvalue weighted by Gasteiger charge is 2.14. The van der Waals surface area contributed by atoms with Crippen LogP contribution in [-0.2, 0) is 22.5 Å². The number of carbonyl (C=O) groups excluding carboxylic acids is 2. The van der Waals surface area contributed by atoms with Crippen LogP contribution in [0.1, 0.15) is 23.2 Å². The number of imidazole rings is 1. The highest BCUT2D eigenvalue weighted by atomic mass is 16.5. The van der Waals surface area contributed by atoms with Gasteiger partial charge in [0.15, 0.2) is 0 Å². The number of fused-ring (bicyclic) bond motifs is 1. The Labute approximate surface area is 151 Å². The van der Waals surface area contributed by atoms with Crippen LogP contribution in [0.5, 0.6) is 0 Å². The van der Waals surface area contributed by atoms with Crippen molar-refractivity contribution in [2.24, 2.45) is 0 Å². The van der Waals surface area contributed by atoms with Crippen molar-refractivity contribution < 1.29 is 14.3 Å². The van der Waals surface area contributed by atoms with E-state index in [1.165, 1.54) is 0 Å². The minimum Gasteiger partial charge on any atom is -0.465 e. The first kappa shape index (κ1) is 17.6. The van der Waals surface area contributed by atoms with E-state index in [1.54, 1.807) is 31.3 Å². The number of hydrogen-bond acceptors (Lipinski definition) is 5. The number of benzene rings is 1. The zero-order valence-electron chi connectivity index (χ0n) is 14.5. The van der Waals surface area contributed by atoms with Crippen LogP contribution in [0.3, 0.4) is 0 Å². The first-order chi connectivity index (χ1) is 12.7. The molecule has 3 aromatic rings. The van der Waals surface area contributed by atoms with Gasteiger partial charge in [-0.15, -0.1) is 0 Å². The molecule has 1 aromatic carbocycles.